The average Bonchev–Trinajstić information content (AvgIpc) is 3.36. The molecule has 0 spiro atoms. The highest BCUT2D eigenvalue weighted by Crippen LogP contribution is 2.22. The van der Waals surface area contributed by atoms with Crippen molar-refractivity contribution in [3.8, 4) is 5.69 Å². The maximum Gasteiger partial charge on any atom is 0.227 e. The van der Waals surface area contributed by atoms with Crippen molar-refractivity contribution in [2.45, 2.75) is 25.3 Å². The third-order valence-corrected chi connectivity index (χ3v) is 4.76. The molecule has 0 saturated carbocycles. The van der Waals surface area contributed by atoms with E-state index in [-0.39, 0.29) is 5.91 Å². The van der Waals surface area contributed by atoms with Crippen LogP contribution in [-0.4, -0.2) is 43.2 Å². The number of amides is 1. The highest BCUT2D eigenvalue weighted by Gasteiger charge is 2.24. The molecule has 3 heterocycles. The molecule has 25 heavy (non-hydrogen) atoms. The Morgan fingerprint density at radius 3 is 2.76 bits per heavy atom. The summed E-state index contributed by atoms with van der Waals surface area (Å²) in [5, 5.41) is 4.22. The standard InChI is InChI=1S/C19H21N5O/c25-19(22-10-1-3-18(14-22)23-12-9-20-15-23)13-16-4-6-17(7-5-16)24-11-2-8-21-24/h2,4-9,11-12,15,18H,1,3,10,13-14H2/t18-/m0/s1. The summed E-state index contributed by atoms with van der Waals surface area (Å²) < 4.78 is 3.92. The molecule has 0 bridgehead atoms. The first-order valence-electron chi connectivity index (χ1n) is 8.64. The zero-order valence-corrected chi connectivity index (χ0v) is 14.0. The van der Waals surface area contributed by atoms with Crippen LogP contribution in [0.15, 0.2) is 61.4 Å². The Morgan fingerprint density at radius 1 is 1.16 bits per heavy atom. The normalized spacial score (nSPS) is 17.6. The van der Waals surface area contributed by atoms with Crippen LogP contribution in [0, 0.1) is 0 Å². The lowest BCUT2D eigenvalue weighted by Crippen LogP contribution is -2.41. The highest BCUT2D eigenvalue weighted by atomic mass is 16.2. The third kappa shape index (κ3) is 3.47. The molecule has 1 amide bonds. The number of hydrogen-bond acceptors (Lipinski definition) is 3. The van der Waals surface area contributed by atoms with E-state index in [2.05, 4.69) is 14.6 Å². The molecule has 128 valence electrons. The van der Waals surface area contributed by atoms with Gasteiger partial charge in [-0.15, -0.1) is 0 Å². The SMILES string of the molecule is O=C(Cc1ccc(-n2cccn2)cc1)N1CCC[C@H](n2ccnc2)C1. The number of aromatic nitrogens is 4. The van der Waals surface area contributed by atoms with E-state index >= 15 is 0 Å². The summed E-state index contributed by atoms with van der Waals surface area (Å²) >= 11 is 0. The van der Waals surface area contributed by atoms with E-state index < -0.39 is 0 Å². The van der Waals surface area contributed by atoms with Crippen molar-refractivity contribution in [3.05, 3.63) is 67.0 Å². The van der Waals surface area contributed by atoms with Crippen molar-refractivity contribution in [2.24, 2.45) is 0 Å². The highest BCUT2D eigenvalue weighted by molar-refractivity contribution is 5.79. The zero-order valence-electron chi connectivity index (χ0n) is 14.0. The molecule has 6 nitrogen and oxygen atoms in total. The predicted molar refractivity (Wildman–Crippen MR) is 94.3 cm³/mol. The Kier molecular flexibility index (Phi) is 4.33. The van der Waals surface area contributed by atoms with Gasteiger partial charge in [-0.05, 0) is 36.6 Å². The molecule has 0 aliphatic carbocycles. The van der Waals surface area contributed by atoms with Crippen LogP contribution in [0.1, 0.15) is 24.4 Å². The largest absolute Gasteiger partial charge is 0.340 e. The van der Waals surface area contributed by atoms with E-state index in [0.29, 0.717) is 12.5 Å². The van der Waals surface area contributed by atoms with Gasteiger partial charge in [0.2, 0.25) is 5.91 Å². The lowest BCUT2D eigenvalue weighted by molar-refractivity contribution is -0.132. The van der Waals surface area contributed by atoms with E-state index in [1.807, 2.05) is 58.6 Å². The number of imidazole rings is 1. The minimum atomic E-state index is 0.191. The van der Waals surface area contributed by atoms with Gasteiger partial charge in [0.1, 0.15) is 0 Å². The van der Waals surface area contributed by atoms with E-state index in [4.69, 9.17) is 0 Å². The lowest BCUT2D eigenvalue weighted by Gasteiger charge is -2.33. The molecular weight excluding hydrogens is 314 g/mol. The van der Waals surface area contributed by atoms with Crippen molar-refractivity contribution in [1.82, 2.24) is 24.2 Å². The van der Waals surface area contributed by atoms with Crippen LogP contribution in [0.5, 0.6) is 0 Å². The fourth-order valence-electron chi connectivity index (χ4n) is 3.38. The molecule has 2 aromatic heterocycles. The van der Waals surface area contributed by atoms with E-state index in [0.717, 1.165) is 37.2 Å². The topological polar surface area (TPSA) is 56.0 Å². The summed E-state index contributed by atoms with van der Waals surface area (Å²) in [6.45, 7) is 1.61. The number of likely N-dealkylation sites (tertiary alicyclic amines) is 1. The van der Waals surface area contributed by atoms with E-state index in [1.54, 1.807) is 12.4 Å². The molecule has 1 fully saturated rings. The van der Waals surface area contributed by atoms with Crippen LogP contribution >= 0.6 is 0 Å². The van der Waals surface area contributed by atoms with Gasteiger partial charge in [0.15, 0.2) is 0 Å². The van der Waals surface area contributed by atoms with Crippen molar-refractivity contribution in [3.63, 3.8) is 0 Å². The quantitative estimate of drug-likeness (QED) is 0.736. The summed E-state index contributed by atoms with van der Waals surface area (Å²) in [5.41, 5.74) is 2.03. The first-order chi connectivity index (χ1) is 12.3. The molecule has 6 heteroatoms. The van der Waals surface area contributed by atoms with Gasteiger partial charge in [-0.3, -0.25) is 4.79 Å². The Morgan fingerprint density at radius 2 is 2.04 bits per heavy atom. The van der Waals surface area contributed by atoms with Crippen LogP contribution in [0.2, 0.25) is 0 Å². The van der Waals surface area contributed by atoms with E-state index in [1.165, 1.54) is 0 Å². The van der Waals surface area contributed by atoms with Gasteiger partial charge in [0, 0.05) is 37.9 Å². The molecule has 1 aliphatic rings. The Balaban J connectivity index is 1.39. The fourth-order valence-corrected chi connectivity index (χ4v) is 3.38. The minimum absolute atomic E-state index is 0.191. The van der Waals surface area contributed by atoms with Crippen molar-refractivity contribution in [2.75, 3.05) is 13.1 Å². The maximum absolute atomic E-state index is 12.7. The van der Waals surface area contributed by atoms with Gasteiger partial charge < -0.3 is 9.47 Å². The van der Waals surface area contributed by atoms with Crippen molar-refractivity contribution < 1.29 is 4.79 Å². The van der Waals surface area contributed by atoms with Gasteiger partial charge >= 0.3 is 0 Å². The molecular formula is C19H21N5O. The second-order valence-corrected chi connectivity index (χ2v) is 6.44. The first-order valence-corrected chi connectivity index (χ1v) is 8.64. The minimum Gasteiger partial charge on any atom is -0.340 e. The van der Waals surface area contributed by atoms with Crippen LogP contribution in [-0.2, 0) is 11.2 Å². The van der Waals surface area contributed by atoms with Crippen LogP contribution in [0.25, 0.3) is 5.69 Å². The van der Waals surface area contributed by atoms with Crippen molar-refractivity contribution in [1.29, 1.82) is 0 Å². The molecule has 1 saturated heterocycles. The van der Waals surface area contributed by atoms with Crippen molar-refractivity contribution >= 4 is 5.91 Å². The molecule has 1 atom stereocenters. The number of benzene rings is 1. The monoisotopic (exact) mass is 335 g/mol. The Bertz CT molecular complexity index is 808. The average molecular weight is 335 g/mol. The molecule has 0 radical (unpaired) electrons. The molecule has 0 N–H and O–H groups in total. The fraction of sp³-hybridized carbons (Fsp3) is 0.316. The number of hydrogen-bond donors (Lipinski definition) is 0. The van der Waals surface area contributed by atoms with Gasteiger partial charge in [-0.2, -0.15) is 5.10 Å². The smallest absolute Gasteiger partial charge is 0.227 e. The summed E-state index contributed by atoms with van der Waals surface area (Å²) in [7, 11) is 0. The van der Waals surface area contributed by atoms with Crippen LogP contribution < -0.4 is 0 Å². The first kappa shape index (κ1) is 15.6. The predicted octanol–water partition coefficient (Wildman–Crippen LogP) is 2.48. The zero-order chi connectivity index (χ0) is 17.1. The van der Waals surface area contributed by atoms with E-state index in [9.17, 15) is 4.79 Å². The number of nitrogens with zero attached hydrogens (tertiary/aromatic N) is 5. The number of carbonyl (C=O) groups excluding carboxylic acids is 1. The number of rotatable bonds is 4. The molecule has 4 rings (SSSR count). The second kappa shape index (κ2) is 6.93. The molecule has 0 unspecified atom stereocenters. The van der Waals surface area contributed by atoms with Crippen LogP contribution in [0.4, 0.5) is 0 Å². The summed E-state index contributed by atoms with van der Waals surface area (Å²) in [6, 6.07) is 10.2. The summed E-state index contributed by atoms with van der Waals surface area (Å²) in [5.74, 6) is 0.191. The number of piperidine rings is 1. The lowest BCUT2D eigenvalue weighted by atomic mass is 10.0. The van der Waals surface area contributed by atoms with Gasteiger partial charge in [0.05, 0.1) is 24.5 Å². The second-order valence-electron chi connectivity index (χ2n) is 6.44. The van der Waals surface area contributed by atoms with Gasteiger partial charge in [-0.25, -0.2) is 9.67 Å². The van der Waals surface area contributed by atoms with Gasteiger partial charge in [-0.1, -0.05) is 12.1 Å². The Labute approximate surface area is 146 Å². The maximum atomic E-state index is 12.7. The molecule has 1 aromatic carbocycles. The molecule has 1 aliphatic heterocycles. The Hall–Kier alpha value is -2.89. The summed E-state index contributed by atoms with van der Waals surface area (Å²) in [6.07, 6.45) is 11.8. The number of carbonyl (C=O) groups is 1. The molecule has 3 aromatic rings. The van der Waals surface area contributed by atoms with Gasteiger partial charge in [0.25, 0.3) is 0 Å². The van der Waals surface area contributed by atoms with Crippen LogP contribution in [0.3, 0.4) is 0 Å². The third-order valence-electron chi connectivity index (χ3n) is 4.76. The summed E-state index contributed by atoms with van der Waals surface area (Å²) in [4.78, 5) is 18.8.